The smallest absolute Gasteiger partial charge is 0.328 e. The van der Waals surface area contributed by atoms with Gasteiger partial charge in [0.1, 0.15) is 24.3 Å². The molecule has 0 aliphatic carbocycles. The average Bonchev–Trinajstić information content (AvgIpc) is 3.52. The maximum Gasteiger partial charge on any atom is 0.328 e. The van der Waals surface area contributed by atoms with Gasteiger partial charge in [0.05, 0.1) is 24.9 Å². The number of aromatic nitrogens is 6. The molecule has 2 amide bonds. The second kappa shape index (κ2) is 9.65. The van der Waals surface area contributed by atoms with Gasteiger partial charge in [-0.05, 0) is 27.7 Å². The molecule has 0 bridgehead atoms. The van der Waals surface area contributed by atoms with Gasteiger partial charge in [-0.1, -0.05) is 0 Å². The third kappa shape index (κ3) is 4.39. The fourth-order valence-electron chi connectivity index (χ4n) is 4.06. The fourth-order valence-corrected chi connectivity index (χ4v) is 4.06. The van der Waals surface area contributed by atoms with E-state index in [-0.39, 0.29) is 18.7 Å². The summed E-state index contributed by atoms with van der Waals surface area (Å²) in [6, 6.07) is -1.05. The van der Waals surface area contributed by atoms with E-state index in [4.69, 9.17) is 14.5 Å². The highest BCUT2D eigenvalue weighted by Crippen LogP contribution is 2.29. The first-order valence-electron chi connectivity index (χ1n) is 11.4. The number of hydrogen-bond donors (Lipinski definition) is 1. The van der Waals surface area contributed by atoms with E-state index >= 15 is 0 Å². The summed E-state index contributed by atoms with van der Waals surface area (Å²) in [5.74, 6) is 0.648. The van der Waals surface area contributed by atoms with Gasteiger partial charge in [-0.25, -0.2) is 19.6 Å². The van der Waals surface area contributed by atoms with Crippen molar-refractivity contribution in [2.75, 3.05) is 19.7 Å². The van der Waals surface area contributed by atoms with Crippen LogP contribution < -0.4 is 10.1 Å². The van der Waals surface area contributed by atoms with Crippen molar-refractivity contribution in [1.29, 1.82) is 0 Å². The standard InChI is InChI=1S/C22H30N8O4/c1-6-30-14(4)16(10-25-30)18-27-17-19(28(18)5)23-12-24-20(17)34-15-8-9-29(11-15)22(32)26-13(3)21(31)33-7-2/h10,12-13,15H,6-9,11H2,1-5H3,(H,26,32)/t13-,15?/m0/s1. The maximum absolute atomic E-state index is 12.5. The molecule has 1 unspecified atom stereocenters. The molecule has 0 saturated carbocycles. The molecule has 4 heterocycles. The Balaban J connectivity index is 1.48. The molecule has 1 fully saturated rings. The minimum absolute atomic E-state index is 0.253. The third-order valence-corrected chi connectivity index (χ3v) is 5.96. The predicted octanol–water partition coefficient (Wildman–Crippen LogP) is 1.67. The van der Waals surface area contributed by atoms with Gasteiger partial charge in [0, 0.05) is 32.3 Å². The summed E-state index contributed by atoms with van der Waals surface area (Å²) in [5, 5.41) is 7.09. The summed E-state index contributed by atoms with van der Waals surface area (Å²) in [6.07, 6.45) is 3.64. The number of hydrogen-bond acceptors (Lipinski definition) is 8. The van der Waals surface area contributed by atoms with E-state index in [1.165, 1.54) is 6.33 Å². The van der Waals surface area contributed by atoms with Crippen molar-refractivity contribution in [2.45, 2.75) is 52.8 Å². The van der Waals surface area contributed by atoms with Crippen LogP contribution in [-0.2, 0) is 23.1 Å². The van der Waals surface area contributed by atoms with Gasteiger partial charge in [-0.2, -0.15) is 10.1 Å². The number of imidazole rings is 1. The van der Waals surface area contributed by atoms with Crippen molar-refractivity contribution in [2.24, 2.45) is 7.05 Å². The Labute approximate surface area is 197 Å². The SMILES string of the molecule is CCOC(=O)[C@H](C)NC(=O)N1CCC(Oc2ncnc3c2nc(-c2cnn(CC)c2C)n3C)C1. The zero-order chi connectivity index (χ0) is 24.4. The molecule has 12 nitrogen and oxygen atoms in total. The summed E-state index contributed by atoms with van der Waals surface area (Å²) in [5.41, 5.74) is 3.15. The highest BCUT2D eigenvalue weighted by atomic mass is 16.5. The Hall–Kier alpha value is -3.70. The quantitative estimate of drug-likeness (QED) is 0.516. The van der Waals surface area contributed by atoms with Crippen molar-refractivity contribution in [1.82, 2.24) is 39.5 Å². The Morgan fingerprint density at radius 2 is 2.09 bits per heavy atom. The number of nitrogens with one attached hydrogen (secondary N) is 1. The van der Waals surface area contributed by atoms with Crippen molar-refractivity contribution < 1.29 is 19.1 Å². The molecule has 0 radical (unpaired) electrons. The molecule has 3 aromatic heterocycles. The predicted molar refractivity (Wildman–Crippen MR) is 123 cm³/mol. The molecule has 1 aliphatic heterocycles. The van der Waals surface area contributed by atoms with Crippen molar-refractivity contribution >= 4 is 23.2 Å². The van der Waals surface area contributed by atoms with Crippen LogP contribution >= 0.6 is 0 Å². The summed E-state index contributed by atoms with van der Waals surface area (Å²) in [7, 11) is 1.90. The van der Waals surface area contributed by atoms with Crippen molar-refractivity contribution in [3.05, 3.63) is 18.2 Å². The number of carbonyl (C=O) groups is 2. The minimum atomic E-state index is -0.721. The van der Waals surface area contributed by atoms with Gasteiger partial charge in [-0.3, -0.25) is 4.68 Å². The maximum atomic E-state index is 12.5. The highest BCUT2D eigenvalue weighted by Gasteiger charge is 2.31. The number of amides is 2. The summed E-state index contributed by atoms with van der Waals surface area (Å²) >= 11 is 0. The van der Waals surface area contributed by atoms with Crippen LogP contribution in [-0.4, -0.2) is 78.0 Å². The number of ether oxygens (including phenoxy) is 2. The third-order valence-electron chi connectivity index (χ3n) is 5.96. The number of rotatable bonds is 7. The lowest BCUT2D eigenvalue weighted by Crippen LogP contribution is -2.46. The summed E-state index contributed by atoms with van der Waals surface area (Å²) < 4.78 is 14.9. The van der Waals surface area contributed by atoms with Crippen LogP contribution in [0.4, 0.5) is 4.79 Å². The lowest BCUT2D eigenvalue weighted by molar-refractivity contribution is -0.144. The van der Waals surface area contributed by atoms with Crippen LogP contribution in [0.3, 0.4) is 0 Å². The molecular formula is C22H30N8O4. The number of urea groups is 1. The van der Waals surface area contributed by atoms with Gasteiger partial charge >= 0.3 is 12.0 Å². The Bertz CT molecular complexity index is 1200. The number of nitrogens with zero attached hydrogens (tertiary/aromatic N) is 7. The first-order chi connectivity index (χ1) is 16.3. The number of carbonyl (C=O) groups excluding carboxylic acids is 2. The zero-order valence-corrected chi connectivity index (χ0v) is 20.1. The normalized spacial score (nSPS) is 16.6. The molecule has 3 aromatic rings. The molecule has 34 heavy (non-hydrogen) atoms. The highest BCUT2D eigenvalue weighted by molar-refractivity contribution is 5.83. The lowest BCUT2D eigenvalue weighted by atomic mass is 10.2. The fraction of sp³-hybridized carbons (Fsp3) is 0.545. The number of esters is 1. The van der Waals surface area contributed by atoms with Crippen LogP contribution in [0.25, 0.3) is 22.6 Å². The van der Waals surface area contributed by atoms with E-state index in [0.717, 1.165) is 23.6 Å². The van der Waals surface area contributed by atoms with Gasteiger partial charge in [0.15, 0.2) is 11.2 Å². The lowest BCUT2D eigenvalue weighted by Gasteiger charge is -2.20. The van der Waals surface area contributed by atoms with Crippen molar-refractivity contribution in [3.63, 3.8) is 0 Å². The molecule has 1 N–H and O–H groups in total. The van der Waals surface area contributed by atoms with E-state index in [1.807, 2.05) is 30.1 Å². The number of aryl methyl sites for hydroxylation is 2. The molecule has 12 heteroatoms. The van der Waals surface area contributed by atoms with Crippen LogP contribution in [0, 0.1) is 6.92 Å². The van der Waals surface area contributed by atoms with E-state index in [0.29, 0.717) is 36.6 Å². The second-order valence-electron chi connectivity index (χ2n) is 8.20. The van der Waals surface area contributed by atoms with Crippen LogP contribution in [0.2, 0.25) is 0 Å². The Kier molecular flexibility index (Phi) is 6.66. The molecule has 1 aliphatic rings. The summed E-state index contributed by atoms with van der Waals surface area (Å²) in [4.78, 5) is 39.4. The monoisotopic (exact) mass is 470 g/mol. The topological polar surface area (TPSA) is 129 Å². The second-order valence-corrected chi connectivity index (χ2v) is 8.20. The number of fused-ring (bicyclic) bond motifs is 1. The van der Waals surface area contributed by atoms with E-state index in [9.17, 15) is 9.59 Å². The van der Waals surface area contributed by atoms with E-state index < -0.39 is 12.0 Å². The molecular weight excluding hydrogens is 440 g/mol. The minimum Gasteiger partial charge on any atom is -0.471 e. The molecule has 4 rings (SSSR count). The van der Waals surface area contributed by atoms with Crippen LogP contribution in [0.1, 0.15) is 32.9 Å². The largest absolute Gasteiger partial charge is 0.471 e. The zero-order valence-electron chi connectivity index (χ0n) is 20.1. The van der Waals surface area contributed by atoms with E-state index in [1.54, 1.807) is 24.9 Å². The van der Waals surface area contributed by atoms with Gasteiger partial charge < -0.3 is 24.3 Å². The molecule has 0 spiro atoms. The Morgan fingerprint density at radius 1 is 1.29 bits per heavy atom. The van der Waals surface area contributed by atoms with Crippen LogP contribution in [0.5, 0.6) is 5.88 Å². The first-order valence-corrected chi connectivity index (χ1v) is 11.4. The molecule has 2 atom stereocenters. The first kappa shape index (κ1) is 23.5. The average molecular weight is 471 g/mol. The van der Waals surface area contributed by atoms with Gasteiger partial charge in [0.25, 0.3) is 0 Å². The van der Waals surface area contributed by atoms with E-state index in [2.05, 4.69) is 20.4 Å². The number of likely N-dealkylation sites (tertiary alicyclic amines) is 1. The van der Waals surface area contributed by atoms with Gasteiger partial charge in [-0.15, -0.1) is 0 Å². The Morgan fingerprint density at radius 3 is 2.79 bits per heavy atom. The van der Waals surface area contributed by atoms with Crippen molar-refractivity contribution in [3.8, 4) is 17.3 Å². The molecule has 182 valence electrons. The summed E-state index contributed by atoms with van der Waals surface area (Å²) in [6.45, 7) is 9.28. The molecule has 0 aromatic carbocycles. The van der Waals surface area contributed by atoms with Gasteiger partial charge in [0.2, 0.25) is 5.88 Å². The van der Waals surface area contributed by atoms with Crippen LogP contribution in [0.15, 0.2) is 12.5 Å². The molecule has 1 saturated heterocycles.